The van der Waals surface area contributed by atoms with Gasteiger partial charge in [0.05, 0.1) is 46.7 Å². The van der Waals surface area contributed by atoms with Gasteiger partial charge >= 0.3 is 5.97 Å². The number of anilines is 2. The van der Waals surface area contributed by atoms with Crippen LogP contribution >= 0.6 is 11.6 Å². The van der Waals surface area contributed by atoms with Crippen molar-refractivity contribution in [2.75, 3.05) is 16.9 Å². The molecule has 0 aromatic heterocycles. The molecule has 2 heterocycles. The van der Waals surface area contributed by atoms with Gasteiger partial charge in [0.2, 0.25) is 23.6 Å². The Bertz CT molecular complexity index is 2010. The fraction of sp³-hybridized carbons (Fsp3) is 0.286. The molecule has 2 aliphatic carbocycles. The number of amides is 4. The van der Waals surface area contributed by atoms with Crippen molar-refractivity contribution in [3.8, 4) is 17.2 Å². The number of aromatic carboxylic acids is 1. The number of nitrogens with zero attached hydrogens (tertiary/aromatic N) is 2. The second kappa shape index (κ2) is 10.9. The van der Waals surface area contributed by atoms with E-state index in [2.05, 4.69) is 0 Å². The molecule has 0 unspecified atom stereocenters. The number of carbonyl (C=O) groups is 5. The zero-order valence-corrected chi connectivity index (χ0v) is 26.3. The van der Waals surface area contributed by atoms with Gasteiger partial charge in [0.15, 0.2) is 0 Å². The van der Waals surface area contributed by atoms with E-state index in [1.54, 1.807) is 25.1 Å². The van der Waals surface area contributed by atoms with Crippen LogP contribution in [0.4, 0.5) is 15.8 Å². The summed E-state index contributed by atoms with van der Waals surface area (Å²) in [4.78, 5) is 70.2. The van der Waals surface area contributed by atoms with Crippen molar-refractivity contribution in [2.45, 2.75) is 25.7 Å². The minimum atomic E-state index is -1.49. The summed E-state index contributed by atoms with van der Waals surface area (Å²) in [5, 5.41) is 30.6. The summed E-state index contributed by atoms with van der Waals surface area (Å²) in [6, 6.07) is 11.5. The van der Waals surface area contributed by atoms with Crippen molar-refractivity contribution in [1.29, 1.82) is 0 Å². The van der Waals surface area contributed by atoms with Crippen molar-refractivity contribution in [2.24, 2.45) is 29.1 Å². The molecule has 246 valence electrons. The number of carboxylic acid groups (broad SMARTS) is 1. The Kier molecular flexibility index (Phi) is 7.13. The molecule has 2 saturated heterocycles. The average molecular weight is 675 g/mol. The summed E-state index contributed by atoms with van der Waals surface area (Å²) >= 11 is 6.04. The van der Waals surface area contributed by atoms with Gasteiger partial charge in [0.25, 0.3) is 0 Å². The summed E-state index contributed by atoms with van der Waals surface area (Å²) in [5.41, 5.74) is -0.926. The van der Waals surface area contributed by atoms with Crippen LogP contribution in [-0.4, -0.2) is 52.0 Å². The quantitative estimate of drug-likeness (QED) is 0.249. The van der Waals surface area contributed by atoms with E-state index >= 15 is 0 Å². The highest BCUT2D eigenvalue weighted by Gasteiger charge is 2.68. The van der Waals surface area contributed by atoms with E-state index in [4.69, 9.17) is 16.3 Å². The van der Waals surface area contributed by atoms with Gasteiger partial charge in [-0.15, -0.1) is 0 Å². The van der Waals surface area contributed by atoms with Crippen LogP contribution in [0.25, 0.3) is 0 Å². The summed E-state index contributed by atoms with van der Waals surface area (Å²) in [6.45, 7) is 1.64. The van der Waals surface area contributed by atoms with Gasteiger partial charge in [-0.05, 0) is 74.2 Å². The summed E-state index contributed by atoms with van der Waals surface area (Å²) in [7, 11) is 1.44. The van der Waals surface area contributed by atoms with Crippen molar-refractivity contribution in [3.63, 3.8) is 0 Å². The summed E-state index contributed by atoms with van der Waals surface area (Å²) in [6.07, 6.45) is 1.92. The van der Waals surface area contributed by atoms with Gasteiger partial charge in [0, 0.05) is 17.5 Å². The molecule has 13 heteroatoms. The Hall–Kier alpha value is -5.23. The number of allylic oxidation sites excluding steroid dienone is 2. The lowest BCUT2D eigenvalue weighted by atomic mass is 9.51. The first-order chi connectivity index (χ1) is 22.8. The summed E-state index contributed by atoms with van der Waals surface area (Å²) < 4.78 is 19.5. The number of rotatable bonds is 5. The Morgan fingerprint density at radius 1 is 0.917 bits per heavy atom. The van der Waals surface area contributed by atoms with Crippen LogP contribution in [-0.2, 0) is 19.2 Å². The van der Waals surface area contributed by atoms with Crippen LogP contribution in [0.5, 0.6) is 17.2 Å². The van der Waals surface area contributed by atoms with Gasteiger partial charge in [-0.1, -0.05) is 23.3 Å². The standard InChI is InChI=1S/C35H28ClFN2O9/c1-35-23(31(43)39(34(35)47)15-4-9-25(37)24(36)11-15)14-21-18(29(35)22-13-17(48-2)5-10-26(22)40)7-8-20-28(21)32(44)38(30(20)42)16-3-6-19(33(45)46)27(41)12-16/h3-7,9-13,20-21,23,28-29,40-41H,8,14H2,1-2H3,(H,45,46)/t20-,21+,23-,28-,29+,35+/m0/s1. The van der Waals surface area contributed by atoms with Crippen LogP contribution in [0.15, 0.2) is 66.2 Å². The number of imide groups is 2. The number of halogens is 2. The van der Waals surface area contributed by atoms with Gasteiger partial charge < -0.3 is 20.1 Å². The molecule has 4 amide bonds. The number of carboxylic acids is 1. The molecule has 7 rings (SSSR count). The number of aromatic hydroxyl groups is 2. The number of ether oxygens (including phenoxy) is 1. The van der Waals surface area contributed by atoms with Crippen LogP contribution in [0.1, 0.15) is 41.6 Å². The van der Waals surface area contributed by atoms with E-state index in [0.29, 0.717) is 16.9 Å². The van der Waals surface area contributed by atoms with E-state index in [1.165, 1.54) is 31.4 Å². The fourth-order valence-electron chi connectivity index (χ4n) is 8.21. The number of hydrogen-bond acceptors (Lipinski definition) is 8. The Balaban J connectivity index is 1.37. The molecule has 4 aliphatic rings. The van der Waals surface area contributed by atoms with Crippen molar-refractivity contribution in [1.82, 2.24) is 0 Å². The van der Waals surface area contributed by atoms with E-state index in [0.717, 1.165) is 28.0 Å². The zero-order chi connectivity index (χ0) is 34.4. The van der Waals surface area contributed by atoms with Crippen molar-refractivity contribution < 1.29 is 48.4 Å². The SMILES string of the molecule is COc1ccc(O)c([C@H]2C3=CC[C@@H]4C(=O)N(c5ccc(C(=O)O)c(O)c5)C(=O)[C@@H]4[C@@H]3C[C@H]3C(=O)N(c4ccc(F)c(Cl)c4)C(=O)[C@@]23C)c1. The number of phenols is 2. The maximum atomic E-state index is 14.5. The summed E-state index contributed by atoms with van der Waals surface area (Å²) in [5.74, 6) is -9.36. The molecular formula is C35H28ClFN2O9. The fourth-order valence-corrected chi connectivity index (χ4v) is 8.39. The maximum absolute atomic E-state index is 14.5. The number of benzene rings is 3. The normalized spacial score (nSPS) is 27.8. The molecule has 3 aromatic rings. The van der Waals surface area contributed by atoms with Crippen molar-refractivity contribution in [3.05, 3.63) is 88.2 Å². The second-order valence-corrected chi connectivity index (χ2v) is 13.1. The third-order valence-corrected chi connectivity index (χ3v) is 10.7. The Morgan fingerprint density at radius 2 is 1.62 bits per heavy atom. The lowest BCUT2D eigenvalue weighted by Crippen LogP contribution is -2.48. The number of fused-ring (bicyclic) bond motifs is 4. The van der Waals surface area contributed by atoms with Crippen LogP contribution < -0.4 is 14.5 Å². The predicted molar refractivity (Wildman–Crippen MR) is 168 cm³/mol. The van der Waals surface area contributed by atoms with E-state index in [9.17, 15) is 43.7 Å². The zero-order valence-electron chi connectivity index (χ0n) is 25.5. The third kappa shape index (κ3) is 4.28. The molecule has 1 saturated carbocycles. The molecule has 0 bridgehead atoms. The lowest BCUT2D eigenvalue weighted by molar-refractivity contribution is -0.131. The second-order valence-electron chi connectivity index (χ2n) is 12.7. The van der Waals surface area contributed by atoms with E-state index < -0.39 is 81.7 Å². The first kappa shape index (κ1) is 31.4. The van der Waals surface area contributed by atoms with Gasteiger partial charge in [-0.25, -0.2) is 19.0 Å². The number of methoxy groups -OCH3 is 1. The molecule has 0 radical (unpaired) electrons. The predicted octanol–water partition coefficient (Wildman–Crippen LogP) is 5.03. The largest absolute Gasteiger partial charge is 0.508 e. The first-order valence-corrected chi connectivity index (χ1v) is 15.5. The molecule has 2 aliphatic heterocycles. The minimum absolute atomic E-state index is 0.00225. The molecule has 3 N–H and O–H groups in total. The van der Waals surface area contributed by atoms with Crippen LogP contribution in [0.3, 0.4) is 0 Å². The van der Waals surface area contributed by atoms with E-state index in [-0.39, 0.29) is 35.0 Å². The van der Waals surface area contributed by atoms with Gasteiger partial charge in [-0.3, -0.25) is 19.2 Å². The van der Waals surface area contributed by atoms with Crippen LogP contribution in [0, 0.1) is 34.9 Å². The molecule has 11 nitrogen and oxygen atoms in total. The van der Waals surface area contributed by atoms with Crippen molar-refractivity contribution >= 4 is 52.6 Å². The lowest BCUT2D eigenvalue weighted by Gasteiger charge is -2.49. The van der Waals surface area contributed by atoms with Gasteiger partial charge in [0.1, 0.15) is 28.6 Å². The first-order valence-electron chi connectivity index (χ1n) is 15.1. The molecule has 0 spiro atoms. The average Bonchev–Trinajstić information content (AvgIpc) is 3.42. The molecule has 3 fully saturated rings. The monoisotopic (exact) mass is 674 g/mol. The highest BCUT2D eigenvalue weighted by molar-refractivity contribution is 6.32. The number of hydrogen-bond donors (Lipinski definition) is 3. The smallest absolute Gasteiger partial charge is 0.339 e. The number of carbonyl (C=O) groups excluding carboxylic acids is 4. The topological polar surface area (TPSA) is 162 Å². The highest BCUT2D eigenvalue weighted by Crippen LogP contribution is 2.64. The molecule has 3 aromatic carbocycles. The van der Waals surface area contributed by atoms with Gasteiger partial charge in [-0.2, -0.15) is 0 Å². The maximum Gasteiger partial charge on any atom is 0.339 e. The van der Waals surface area contributed by atoms with Crippen LogP contribution in [0.2, 0.25) is 5.02 Å². The molecular weight excluding hydrogens is 647 g/mol. The molecule has 48 heavy (non-hydrogen) atoms. The minimum Gasteiger partial charge on any atom is -0.508 e. The number of phenolic OH excluding ortho intramolecular Hbond substituents is 1. The van der Waals surface area contributed by atoms with E-state index in [1.807, 2.05) is 0 Å². The Morgan fingerprint density at radius 3 is 2.29 bits per heavy atom. The Labute approximate surface area is 277 Å². The third-order valence-electron chi connectivity index (χ3n) is 10.5. The highest BCUT2D eigenvalue weighted by atomic mass is 35.5. The molecule has 6 atom stereocenters.